The van der Waals surface area contributed by atoms with Gasteiger partial charge in [-0.1, -0.05) is 63.4 Å². The normalized spacial score (nSPS) is 12.0. The highest BCUT2D eigenvalue weighted by molar-refractivity contribution is 5.86. The number of ether oxygens (including phenoxy) is 3. The SMILES string of the molecule is C.C.CCOC(=O)c1nc(-c2ccc(C[C@@H](CCO)NC(=O)OC(C)(C)C)cc2)cn1C.Cn1cc(-c2ccc(C[C@@H](CCO)NC(=O)OC(C)(C)C)cc2)nc1C(=O)O. The maximum Gasteiger partial charge on any atom is 0.407 e. The molecule has 2 amide bonds. The molecule has 0 radical (unpaired) electrons. The molecule has 5 N–H and O–H groups in total. The van der Waals surface area contributed by atoms with Gasteiger partial charge in [-0.05, 0) is 85.3 Å². The number of aromatic carboxylic acids is 1. The van der Waals surface area contributed by atoms with Crippen molar-refractivity contribution < 1.29 is 48.7 Å². The van der Waals surface area contributed by atoms with E-state index in [-0.39, 0.29) is 51.8 Å². The number of amides is 2. The van der Waals surface area contributed by atoms with Crippen LogP contribution in [-0.4, -0.2) is 102 Å². The smallest absolute Gasteiger partial charge is 0.407 e. The number of imidazole rings is 2. The van der Waals surface area contributed by atoms with Crippen LogP contribution in [0.1, 0.15) is 109 Å². The number of esters is 1. The summed E-state index contributed by atoms with van der Waals surface area (Å²) in [5.41, 5.74) is 3.70. The molecule has 0 bridgehead atoms. The predicted molar refractivity (Wildman–Crippen MR) is 231 cm³/mol. The zero-order valence-corrected chi connectivity index (χ0v) is 34.9. The number of carboxylic acids is 1. The van der Waals surface area contributed by atoms with Gasteiger partial charge in [0.2, 0.25) is 11.6 Å². The van der Waals surface area contributed by atoms with Crippen molar-refractivity contribution >= 4 is 24.1 Å². The molecule has 4 rings (SSSR count). The number of hydrogen-bond acceptors (Lipinski definition) is 11. The first-order valence-electron chi connectivity index (χ1n) is 19.1. The van der Waals surface area contributed by atoms with E-state index < -0.39 is 35.3 Å². The first-order valence-corrected chi connectivity index (χ1v) is 19.1. The molecular weight excluding hydrogens is 773 g/mol. The molecule has 2 aromatic carbocycles. The number of aromatic nitrogens is 4. The quantitative estimate of drug-likeness (QED) is 0.0607. The van der Waals surface area contributed by atoms with Gasteiger partial charge in [0, 0.05) is 62.9 Å². The van der Waals surface area contributed by atoms with Crippen LogP contribution in [0.5, 0.6) is 0 Å². The van der Waals surface area contributed by atoms with Crippen molar-refractivity contribution in [2.75, 3.05) is 19.8 Å². The lowest BCUT2D eigenvalue weighted by Crippen LogP contribution is -2.40. The van der Waals surface area contributed by atoms with Crippen molar-refractivity contribution in [1.82, 2.24) is 29.7 Å². The first kappa shape index (κ1) is 52.3. The fourth-order valence-electron chi connectivity index (χ4n) is 5.70. The minimum Gasteiger partial charge on any atom is -0.475 e. The third kappa shape index (κ3) is 17.2. The van der Waals surface area contributed by atoms with Gasteiger partial charge in [0.25, 0.3) is 0 Å². The van der Waals surface area contributed by atoms with Crippen molar-refractivity contribution in [2.45, 2.75) is 112 Å². The summed E-state index contributed by atoms with van der Waals surface area (Å²) in [4.78, 5) is 55.6. The second-order valence-electron chi connectivity index (χ2n) is 15.7. The summed E-state index contributed by atoms with van der Waals surface area (Å²) in [6.07, 6.45) is 4.33. The van der Waals surface area contributed by atoms with E-state index in [2.05, 4.69) is 20.6 Å². The minimum atomic E-state index is -1.08. The fourth-order valence-corrected chi connectivity index (χ4v) is 5.70. The molecule has 16 heteroatoms. The molecule has 0 unspecified atom stereocenters. The summed E-state index contributed by atoms with van der Waals surface area (Å²) in [6.45, 7) is 12.7. The van der Waals surface area contributed by atoms with Crippen LogP contribution in [0.4, 0.5) is 9.59 Å². The molecule has 332 valence electrons. The molecule has 16 nitrogen and oxygen atoms in total. The fraction of sp³-hybridized carbons (Fsp3) is 0.500. The zero-order chi connectivity index (χ0) is 43.2. The lowest BCUT2D eigenvalue weighted by molar-refractivity contribution is 0.0484. The summed E-state index contributed by atoms with van der Waals surface area (Å²) >= 11 is 0. The molecule has 4 aromatic rings. The number of carbonyl (C=O) groups excluding carboxylic acids is 3. The van der Waals surface area contributed by atoms with Crippen molar-refractivity contribution in [3.05, 3.63) is 83.7 Å². The van der Waals surface area contributed by atoms with Crippen LogP contribution in [-0.2, 0) is 41.1 Å². The van der Waals surface area contributed by atoms with Crippen LogP contribution in [0.2, 0.25) is 0 Å². The van der Waals surface area contributed by atoms with Gasteiger partial charge in [-0.15, -0.1) is 0 Å². The van der Waals surface area contributed by atoms with Crippen LogP contribution >= 0.6 is 0 Å². The Balaban J connectivity index is 0.000000582. The third-order valence-corrected chi connectivity index (χ3v) is 8.26. The molecule has 2 heterocycles. The number of aryl methyl sites for hydroxylation is 2. The Hall–Kier alpha value is -5.74. The van der Waals surface area contributed by atoms with E-state index in [1.54, 1.807) is 79.5 Å². The highest BCUT2D eigenvalue weighted by Gasteiger charge is 2.22. The zero-order valence-electron chi connectivity index (χ0n) is 34.9. The highest BCUT2D eigenvalue weighted by Crippen LogP contribution is 2.22. The molecule has 0 fully saturated rings. The Labute approximate surface area is 354 Å². The molecular formula is C44H66N6O10. The predicted octanol–water partition coefficient (Wildman–Crippen LogP) is 6.96. The molecule has 0 saturated heterocycles. The second-order valence-corrected chi connectivity index (χ2v) is 15.7. The van der Waals surface area contributed by atoms with Gasteiger partial charge in [-0.25, -0.2) is 29.1 Å². The summed E-state index contributed by atoms with van der Waals surface area (Å²) in [7, 11) is 3.38. The van der Waals surface area contributed by atoms with E-state index in [0.29, 0.717) is 43.7 Å². The standard InChI is InChI=1S/C22H31N3O5.C20H27N3O5.2CH4/c1-6-29-20(27)19-24-18(14-25(19)5)16-9-7-15(8-10-16)13-17(11-12-26)23-21(28)30-22(2,3)4;1-20(2,3)28-19(27)21-15(9-10-24)11-13-5-7-14(8-6-13)16-12-23(4)17(22-16)18(25)26;;/h7-10,14,17,26H,6,11-13H2,1-5H3,(H,23,28);5-8,12,15,24H,9-11H2,1-4H3,(H,21,27)(H,25,26);2*1H4/t17-;15-;;/m11../s1. The number of rotatable bonds is 15. The number of carboxylic acid groups (broad SMARTS) is 1. The first-order chi connectivity index (χ1) is 27.2. The Morgan fingerprint density at radius 1 is 0.667 bits per heavy atom. The maximum atomic E-state index is 12.0. The van der Waals surface area contributed by atoms with Gasteiger partial charge in [-0.2, -0.15) is 0 Å². The summed E-state index contributed by atoms with van der Waals surface area (Å²) in [5, 5.41) is 33.3. The van der Waals surface area contributed by atoms with Crippen molar-refractivity contribution in [3.63, 3.8) is 0 Å². The van der Waals surface area contributed by atoms with Crippen molar-refractivity contribution in [2.24, 2.45) is 14.1 Å². The molecule has 2 atom stereocenters. The van der Waals surface area contributed by atoms with Crippen molar-refractivity contribution in [1.29, 1.82) is 0 Å². The average molecular weight is 839 g/mol. The number of nitrogens with zero attached hydrogens (tertiary/aromatic N) is 4. The second kappa shape index (κ2) is 23.7. The molecule has 0 aliphatic rings. The van der Waals surface area contributed by atoms with E-state index in [0.717, 1.165) is 22.3 Å². The lowest BCUT2D eigenvalue weighted by Gasteiger charge is -2.23. The molecule has 60 heavy (non-hydrogen) atoms. The van der Waals surface area contributed by atoms with Crippen LogP contribution < -0.4 is 10.6 Å². The van der Waals surface area contributed by atoms with E-state index in [4.69, 9.17) is 19.3 Å². The van der Waals surface area contributed by atoms with Gasteiger partial charge in [-0.3, -0.25) is 0 Å². The van der Waals surface area contributed by atoms with Gasteiger partial charge in [0.1, 0.15) is 11.2 Å². The van der Waals surface area contributed by atoms with Gasteiger partial charge >= 0.3 is 24.1 Å². The number of hydrogen-bond donors (Lipinski definition) is 5. The number of alkyl carbamates (subject to hydrolysis) is 2. The third-order valence-electron chi connectivity index (χ3n) is 8.26. The average Bonchev–Trinajstić information content (AvgIpc) is 3.70. The Morgan fingerprint density at radius 2 is 1.03 bits per heavy atom. The largest absolute Gasteiger partial charge is 0.475 e. The molecule has 2 aromatic heterocycles. The number of aliphatic hydroxyl groups is 2. The van der Waals surface area contributed by atoms with Crippen LogP contribution in [0.3, 0.4) is 0 Å². The van der Waals surface area contributed by atoms with Gasteiger partial charge < -0.3 is 49.3 Å². The molecule has 0 saturated carbocycles. The molecule has 0 aliphatic carbocycles. The Bertz CT molecular complexity index is 1960. The summed E-state index contributed by atoms with van der Waals surface area (Å²) in [5.74, 6) is -1.31. The molecule has 0 spiro atoms. The number of aliphatic hydroxyl groups excluding tert-OH is 2. The lowest BCUT2D eigenvalue weighted by atomic mass is 10.0. The van der Waals surface area contributed by atoms with E-state index >= 15 is 0 Å². The summed E-state index contributed by atoms with van der Waals surface area (Å²) < 4.78 is 18.7. The van der Waals surface area contributed by atoms with E-state index in [9.17, 15) is 29.4 Å². The highest BCUT2D eigenvalue weighted by atomic mass is 16.6. The maximum absolute atomic E-state index is 12.0. The van der Waals surface area contributed by atoms with E-state index in [1.807, 2.05) is 48.5 Å². The van der Waals surface area contributed by atoms with Gasteiger partial charge in [0.05, 0.1) is 18.0 Å². The Kier molecular flexibility index (Phi) is 20.7. The number of nitrogens with one attached hydrogen (secondary N) is 2. The van der Waals surface area contributed by atoms with Crippen LogP contribution in [0.15, 0.2) is 60.9 Å². The number of benzene rings is 2. The summed E-state index contributed by atoms with van der Waals surface area (Å²) in [6, 6.07) is 14.7. The van der Waals surface area contributed by atoms with Crippen LogP contribution in [0, 0.1) is 0 Å². The van der Waals surface area contributed by atoms with Crippen LogP contribution in [0.25, 0.3) is 22.5 Å². The minimum absolute atomic E-state index is 0. The topological polar surface area (TPSA) is 216 Å². The van der Waals surface area contributed by atoms with Crippen molar-refractivity contribution in [3.8, 4) is 22.5 Å². The number of carbonyl (C=O) groups is 4. The Morgan fingerprint density at radius 3 is 1.35 bits per heavy atom. The monoisotopic (exact) mass is 838 g/mol. The molecule has 0 aliphatic heterocycles. The van der Waals surface area contributed by atoms with E-state index in [1.165, 1.54) is 4.57 Å². The van der Waals surface area contributed by atoms with Gasteiger partial charge in [0.15, 0.2) is 0 Å².